The normalized spacial score (nSPS) is 11.8. The summed E-state index contributed by atoms with van der Waals surface area (Å²) in [6.07, 6.45) is 1.03. The van der Waals surface area contributed by atoms with Crippen molar-refractivity contribution in [1.82, 2.24) is 9.97 Å². The smallest absolute Gasteiger partial charge is 0.328 e. The van der Waals surface area contributed by atoms with Crippen molar-refractivity contribution in [2.45, 2.75) is 19.9 Å². The molecule has 17 heavy (non-hydrogen) atoms. The van der Waals surface area contributed by atoms with Crippen LogP contribution in [0.4, 0.5) is 16.2 Å². The molecular weight excluding hydrogens is 227 g/mol. The number of esters is 1. The Labute approximate surface area is 98.6 Å². The van der Waals surface area contributed by atoms with Gasteiger partial charge in [0.1, 0.15) is 6.04 Å². The molecule has 0 saturated carbocycles. The topological polar surface area (TPSA) is 76.1 Å². The third-order valence-electron chi connectivity index (χ3n) is 1.96. The SMILES string of the molecule is CCOC(=O)C(C)Nc1nc(NC)ncc1F. The van der Waals surface area contributed by atoms with Crippen molar-refractivity contribution in [3.63, 3.8) is 0 Å². The van der Waals surface area contributed by atoms with E-state index in [0.717, 1.165) is 6.20 Å². The van der Waals surface area contributed by atoms with Crippen molar-refractivity contribution in [3.8, 4) is 0 Å². The fourth-order valence-electron chi connectivity index (χ4n) is 1.12. The van der Waals surface area contributed by atoms with Crippen LogP contribution in [0, 0.1) is 5.82 Å². The molecule has 7 heteroatoms. The second-order valence-corrected chi connectivity index (χ2v) is 3.26. The van der Waals surface area contributed by atoms with Crippen molar-refractivity contribution >= 4 is 17.7 Å². The Bertz CT molecular complexity index is 400. The first-order chi connectivity index (χ1) is 8.08. The number of nitrogens with one attached hydrogen (secondary N) is 2. The summed E-state index contributed by atoms with van der Waals surface area (Å²) < 4.78 is 18.1. The molecule has 2 N–H and O–H groups in total. The van der Waals surface area contributed by atoms with Gasteiger partial charge in [-0.15, -0.1) is 0 Å². The van der Waals surface area contributed by atoms with Crippen LogP contribution < -0.4 is 10.6 Å². The molecule has 0 aliphatic rings. The van der Waals surface area contributed by atoms with Gasteiger partial charge in [0.25, 0.3) is 0 Å². The highest BCUT2D eigenvalue weighted by molar-refractivity contribution is 5.78. The predicted molar refractivity (Wildman–Crippen MR) is 61.3 cm³/mol. The van der Waals surface area contributed by atoms with Crippen molar-refractivity contribution in [2.24, 2.45) is 0 Å². The number of ether oxygens (including phenoxy) is 1. The lowest BCUT2D eigenvalue weighted by Gasteiger charge is -2.13. The third kappa shape index (κ3) is 3.54. The van der Waals surface area contributed by atoms with Gasteiger partial charge in [-0.3, -0.25) is 0 Å². The number of nitrogens with zero attached hydrogens (tertiary/aromatic N) is 2. The average molecular weight is 242 g/mol. The van der Waals surface area contributed by atoms with E-state index in [1.807, 2.05) is 0 Å². The largest absolute Gasteiger partial charge is 0.464 e. The van der Waals surface area contributed by atoms with Gasteiger partial charge in [-0.2, -0.15) is 4.98 Å². The van der Waals surface area contributed by atoms with Gasteiger partial charge < -0.3 is 15.4 Å². The van der Waals surface area contributed by atoms with E-state index in [4.69, 9.17) is 4.74 Å². The molecule has 0 aliphatic heterocycles. The van der Waals surface area contributed by atoms with E-state index in [1.165, 1.54) is 0 Å². The van der Waals surface area contributed by atoms with E-state index in [0.29, 0.717) is 0 Å². The number of rotatable bonds is 5. The Balaban J connectivity index is 2.76. The molecule has 0 aromatic carbocycles. The first-order valence-electron chi connectivity index (χ1n) is 5.22. The number of carbonyl (C=O) groups is 1. The van der Waals surface area contributed by atoms with Crippen molar-refractivity contribution < 1.29 is 13.9 Å². The molecule has 6 nitrogen and oxygen atoms in total. The van der Waals surface area contributed by atoms with Gasteiger partial charge in [0.05, 0.1) is 12.8 Å². The molecule has 0 aliphatic carbocycles. The molecule has 0 amide bonds. The van der Waals surface area contributed by atoms with E-state index < -0.39 is 17.8 Å². The Morgan fingerprint density at radius 3 is 2.94 bits per heavy atom. The zero-order valence-electron chi connectivity index (χ0n) is 9.95. The maximum absolute atomic E-state index is 13.3. The number of aromatic nitrogens is 2. The van der Waals surface area contributed by atoms with Gasteiger partial charge in [0.15, 0.2) is 11.6 Å². The van der Waals surface area contributed by atoms with Crippen LogP contribution in [0.3, 0.4) is 0 Å². The standard InChI is InChI=1S/C10H15FN4O2/c1-4-17-9(16)6(2)14-8-7(11)5-13-10(12-3)15-8/h5-6H,4H2,1-3H3,(H2,12,13,14,15). The molecule has 1 aromatic rings. The summed E-state index contributed by atoms with van der Waals surface area (Å²) >= 11 is 0. The van der Waals surface area contributed by atoms with Crippen LogP contribution in [0.2, 0.25) is 0 Å². The molecule has 1 atom stereocenters. The molecule has 1 rings (SSSR count). The van der Waals surface area contributed by atoms with Gasteiger partial charge in [0.2, 0.25) is 5.95 Å². The third-order valence-corrected chi connectivity index (χ3v) is 1.96. The van der Waals surface area contributed by atoms with Gasteiger partial charge in [-0.25, -0.2) is 14.2 Å². The van der Waals surface area contributed by atoms with Crippen LogP contribution >= 0.6 is 0 Å². The van der Waals surface area contributed by atoms with Gasteiger partial charge in [-0.1, -0.05) is 0 Å². The van der Waals surface area contributed by atoms with Crippen LogP contribution in [0.25, 0.3) is 0 Å². The summed E-state index contributed by atoms with van der Waals surface area (Å²) in [6.45, 7) is 3.55. The Morgan fingerprint density at radius 1 is 1.65 bits per heavy atom. The number of hydrogen-bond acceptors (Lipinski definition) is 6. The van der Waals surface area contributed by atoms with Crippen LogP contribution in [-0.2, 0) is 9.53 Å². The second-order valence-electron chi connectivity index (χ2n) is 3.26. The number of hydrogen-bond donors (Lipinski definition) is 2. The number of carbonyl (C=O) groups excluding carboxylic acids is 1. The van der Waals surface area contributed by atoms with Crippen LogP contribution in [0.1, 0.15) is 13.8 Å². The summed E-state index contributed by atoms with van der Waals surface area (Å²) in [5.41, 5.74) is 0. The summed E-state index contributed by atoms with van der Waals surface area (Å²) in [6, 6.07) is -0.677. The fourth-order valence-corrected chi connectivity index (χ4v) is 1.12. The Hall–Kier alpha value is -1.92. The van der Waals surface area contributed by atoms with E-state index in [2.05, 4.69) is 20.6 Å². The van der Waals surface area contributed by atoms with E-state index in [1.54, 1.807) is 20.9 Å². The quantitative estimate of drug-likeness (QED) is 0.751. The highest BCUT2D eigenvalue weighted by Gasteiger charge is 2.16. The molecular formula is C10H15FN4O2. The molecule has 1 aromatic heterocycles. The molecule has 0 fully saturated rings. The second kappa shape index (κ2) is 5.97. The lowest BCUT2D eigenvalue weighted by molar-refractivity contribution is -0.143. The lowest BCUT2D eigenvalue weighted by atomic mass is 10.3. The highest BCUT2D eigenvalue weighted by Crippen LogP contribution is 2.12. The van der Waals surface area contributed by atoms with Crippen LogP contribution in [-0.4, -0.2) is 35.6 Å². The molecule has 0 saturated heterocycles. The van der Waals surface area contributed by atoms with Crippen LogP contribution in [0.5, 0.6) is 0 Å². The summed E-state index contributed by atoms with van der Waals surface area (Å²) in [5.74, 6) is -0.855. The maximum atomic E-state index is 13.3. The summed E-state index contributed by atoms with van der Waals surface area (Å²) in [4.78, 5) is 18.9. The molecule has 0 bridgehead atoms. The lowest BCUT2D eigenvalue weighted by Crippen LogP contribution is -2.29. The van der Waals surface area contributed by atoms with Gasteiger partial charge in [-0.05, 0) is 13.8 Å². The van der Waals surface area contributed by atoms with E-state index >= 15 is 0 Å². The predicted octanol–water partition coefficient (Wildman–Crippen LogP) is 1.02. The molecule has 0 spiro atoms. The minimum atomic E-state index is -0.677. The van der Waals surface area contributed by atoms with Crippen molar-refractivity contribution in [2.75, 3.05) is 24.3 Å². The number of anilines is 2. The summed E-state index contributed by atoms with van der Waals surface area (Å²) in [7, 11) is 1.62. The van der Waals surface area contributed by atoms with E-state index in [-0.39, 0.29) is 18.4 Å². The fraction of sp³-hybridized carbons (Fsp3) is 0.500. The maximum Gasteiger partial charge on any atom is 0.328 e. The van der Waals surface area contributed by atoms with E-state index in [9.17, 15) is 9.18 Å². The molecule has 1 heterocycles. The van der Waals surface area contributed by atoms with Crippen molar-refractivity contribution in [3.05, 3.63) is 12.0 Å². The van der Waals surface area contributed by atoms with Gasteiger partial charge >= 0.3 is 5.97 Å². The van der Waals surface area contributed by atoms with Gasteiger partial charge in [0, 0.05) is 7.05 Å². The summed E-state index contributed by atoms with van der Waals surface area (Å²) in [5, 5.41) is 5.31. The first-order valence-corrected chi connectivity index (χ1v) is 5.22. The highest BCUT2D eigenvalue weighted by atomic mass is 19.1. The zero-order valence-corrected chi connectivity index (χ0v) is 9.95. The Morgan fingerprint density at radius 2 is 2.35 bits per heavy atom. The Kier molecular flexibility index (Phi) is 4.62. The molecule has 1 unspecified atom stereocenters. The van der Waals surface area contributed by atoms with Crippen LogP contribution in [0.15, 0.2) is 6.20 Å². The minimum Gasteiger partial charge on any atom is -0.464 e. The molecule has 0 radical (unpaired) electrons. The minimum absolute atomic E-state index is 0.0371. The first kappa shape index (κ1) is 13.1. The molecule has 94 valence electrons. The van der Waals surface area contributed by atoms with Crippen molar-refractivity contribution in [1.29, 1.82) is 0 Å². The zero-order chi connectivity index (χ0) is 12.8. The average Bonchev–Trinajstić information content (AvgIpc) is 2.32. The monoisotopic (exact) mass is 242 g/mol. The number of halogens is 1.